The molecule has 0 fully saturated rings. The Labute approximate surface area is 357 Å². The molecule has 352 valence electrons. The van der Waals surface area contributed by atoms with Gasteiger partial charge in [-0.15, -0.1) is 0 Å². The van der Waals surface area contributed by atoms with E-state index in [-0.39, 0.29) is 131 Å². The zero-order chi connectivity index (χ0) is 46.9. The topological polar surface area (TPSA) is 291 Å². The highest BCUT2D eigenvalue weighted by Crippen LogP contribution is 2.24. The van der Waals surface area contributed by atoms with Gasteiger partial charge in [-0.3, -0.25) is 38.4 Å². The van der Waals surface area contributed by atoms with Gasteiger partial charge in [0.25, 0.3) is 0 Å². The number of rotatable bonds is 40. The van der Waals surface area contributed by atoms with Crippen LogP contribution >= 0.6 is 0 Å². The summed E-state index contributed by atoms with van der Waals surface area (Å²) >= 11 is 0. The third-order valence-corrected chi connectivity index (χ3v) is 9.05. The van der Waals surface area contributed by atoms with E-state index in [1.165, 1.54) is 55.4 Å². The Morgan fingerprint density at radius 3 is 0.639 bits per heavy atom. The van der Waals surface area contributed by atoms with E-state index in [0.717, 1.165) is 0 Å². The fourth-order valence-corrected chi connectivity index (χ4v) is 5.10. The molecule has 0 spiro atoms. The van der Waals surface area contributed by atoms with Crippen LogP contribution in [-0.2, 0) is 76.3 Å². The maximum atomic E-state index is 12.3. The zero-order valence-corrected chi connectivity index (χ0v) is 37.0. The summed E-state index contributed by atoms with van der Waals surface area (Å²) < 4.78 is 45.3. The molecule has 61 heavy (non-hydrogen) atoms. The molecular formula is C41H68O20. The lowest BCUT2D eigenvalue weighted by atomic mass is 9.88. The van der Waals surface area contributed by atoms with Crippen molar-refractivity contribution in [1.29, 1.82) is 0 Å². The fraction of sp³-hybridized carbons (Fsp3) is 0.805. The van der Waals surface area contributed by atoms with Crippen molar-refractivity contribution < 1.29 is 96.7 Å². The summed E-state index contributed by atoms with van der Waals surface area (Å²) in [5.74, 6) is -6.10. The number of carboxylic acid groups (broad SMARTS) is 4. The van der Waals surface area contributed by atoms with E-state index in [4.69, 9.17) is 37.9 Å². The number of ketones is 4. The second-order valence-corrected chi connectivity index (χ2v) is 17.5. The number of carboxylic acids is 4. The minimum absolute atomic E-state index is 0.00883. The Kier molecular flexibility index (Phi) is 26.3. The lowest BCUT2D eigenvalue weighted by Gasteiger charge is -2.33. The molecule has 0 aromatic heterocycles. The van der Waals surface area contributed by atoms with Crippen LogP contribution in [0.5, 0.6) is 0 Å². The van der Waals surface area contributed by atoms with E-state index < -0.39 is 74.1 Å². The molecule has 20 heteroatoms. The van der Waals surface area contributed by atoms with Gasteiger partial charge in [0.2, 0.25) is 0 Å². The molecule has 4 N–H and O–H groups in total. The van der Waals surface area contributed by atoms with Gasteiger partial charge in [-0.1, -0.05) is 0 Å². The summed E-state index contributed by atoms with van der Waals surface area (Å²) in [4.78, 5) is 94.6. The first-order chi connectivity index (χ1) is 28.2. The predicted molar refractivity (Wildman–Crippen MR) is 213 cm³/mol. The molecule has 0 heterocycles. The quantitative estimate of drug-likeness (QED) is 0.0643. The first-order valence-corrected chi connectivity index (χ1v) is 19.8. The Balaban J connectivity index is 5.67. The monoisotopic (exact) mass is 880 g/mol. The average molecular weight is 881 g/mol. The van der Waals surface area contributed by atoms with E-state index in [1.807, 2.05) is 0 Å². The Morgan fingerprint density at radius 2 is 0.475 bits per heavy atom. The molecule has 0 aromatic rings. The van der Waals surface area contributed by atoms with Crippen molar-refractivity contribution in [1.82, 2.24) is 0 Å². The molecule has 0 aliphatic heterocycles. The van der Waals surface area contributed by atoms with Crippen LogP contribution in [-0.4, -0.2) is 173 Å². The third-order valence-electron chi connectivity index (χ3n) is 9.05. The van der Waals surface area contributed by atoms with Crippen molar-refractivity contribution in [3.05, 3.63) is 0 Å². The van der Waals surface area contributed by atoms with Gasteiger partial charge >= 0.3 is 23.9 Å². The van der Waals surface area contributed by atoms with Gasteiger partial charge in [0, 0.05) is 25.7 Å². The first-order valence-electron chi connectivity index (χ1n) is 19.8. The van der Waals surface area contributed by atoms with E-state index >= 15 is 0 Å². The van der Waals surface area contributed by atoms with Gasteiger partial charge in [0.15, 0.2) is 23.1 Å². The van der Waals surface area contributed by atoms with Crippen LogP contribution in [0, 0.1) is 27.1 Å². The predicted octanol–water partition coefficient (Wildman–Crippen LogP) is 2.39. The summed E-state index contributed by atoms with van der Waals surface area (Å²) in [7, 11) is 0. The molecule has 0 rings (SSSR count). The van der Waals surface area contributed by atoms with Crippen molar-refractivity contribution in [2.45, 2.75) is 81.1 Å². The molecule has 0 bridgehead atoms. The molecule has 0 amide bonds. The molecule has 0 atom stereocenters. The molecule has 0 aliphatic rings. The van der Waals surface area contributed by atoms with Crippen molar-refractivity contribution in [2.24, 2.45) is 27.1 Å². The van der Waals surface area contributed by atoms with Crippen molar-refractivity contribution >= 4 is 47.0 Å². The second kappa shape index (κ2) is 28.0. The van der Waals surface area contributed by atoms with Crippen LogP contribution in [0.1, 0.15) is 81.1 Å². The third kappa shape index (κ3) is 25.7. The van der Waals surface area contributed by atoms with Crippen LogP contribution in [0.3, 0.4) is 0 Å². The molecular weight excluding hydrogens is 812 g/mol. The summed E-state index contributed by atoms with van der Waals surface area (Å²) in [6.07, 6.45) is -0.917. The summed E-state index contributed by atoms with van der Waals surface area (Å²) in [5, 5.41) is 37.2. The lowest BCUT2D eigenvalue weighted by Crippen LogP contribution is -2.43. The largest absolute Gasteiger partial charge is 0.481 e. The Hall–Kier alpha value is -3.76. The second-order valence-electron chi connectivity index (χ2n) is 17.5. The standard InChI is InChI=1S/C41H68O20/c1-37(2,33(46)47)17-29(42)21-54-9-13-58-25-41(26-59-14-10-55-22-30(43)18-38(3,4)34(48)49,27-60-15-11-56-23-31(44)19-39(5,6)35(50)51)28-61-16-12-57-24-32(45)20-40(7,8)36(52)53/h9-28H2,1-8H3,(H,46,47)(H,48,49)(H,50,51)(H,52,53). The van der Waals surface area contributed by atoms with Gasteiger partial charge in [-0.05, 0) is 55.4 Å². The molecule has 0 saturated carbocycles. The molecule has 0 radical (unpaired) electrons. The van der Waals surface area contributed by atoms with Crippen LogP contribution < -0.4 is 0 Å². The lowest BCUT2D eigenvalue weighted by molar-refractivity contribution is -0.150. The molecule has 0 aliphatic carbocycles. The minimum atomic E-state index is -1.26. The van der Waals surface area contributed by atoms with Crippen LogP contribution in [0.4, 0.5) is 0 Å². The summed E-state index contributed by atoms with van der Waals surface area (Å²) in [6, 6.07) is 0. The highest BCUT2D eigenvalue weighted by Gasteiger charge is 2.35. The summed E-state index contributed by atoms with van der Waals surface area (Å²) in [6.45, 7) is 9.73. The number of hydrogen-bond donors (Lipinski definition) is 4. The molecule has 0 unspecified atom stereocenters. The molecule has 0 aromatic carbocycles. The Bertz CT molecular complexity index is 1220. The SMILES string of the molecule is CC(C)(CC(=O)COCCOCC(COCCOCC(=O)CC(C)(C)C(=O)O)(COCCOCC(=O)CC(C)(C)C(=O)O)COCCOCC(=O)CC(C)(C)C(=O)O)C(=O)O. The van der Waals surface area contributed by atoms with Gasteiger partial charge in [-0.25, -0.2) is 0 Å². The zero-order valence-electron chi connectivity index (χ0n) is 37.0. The number of hydrogen-bond acceptors (Lipinski definition) is 16. The van der Waals surface area contributed by atoms with Crippen molar-refractivity contribution in [3.8, 4) is 0 Å². The van der Waals surface area contributed by atoms with Gasteiger partial charge in [0.05, 0.1) is 106 Å². The van der Waals surface area contributed by atoms with Crippen LogP contribution in [0.2, 0.25) is 0 Å². The molecule has 20 nitrogen and oxygen atoms in total. The average Bonchev–Trinajstić information content (AvgIpc) is 3.12. The first kappa shape index (κ1) is 57.2. The number of Topliss-reactive ketones (excluding diaryl/α,β-unsaturated/α-hetero) is 4. The normalized spacial score (nSPS) is 12.6. The fourth-order valence-electron chi connectivity index (χ4n) is 5.10. The van der Waals surface area contributed by atoms with Crippen LogP contribution in [0.15, 0.2) is 0 Å². The van der Waals surface area contributed by atoms with Gasteiger partial charge in [0.1, 0.15) is 26.4 Å². The number of aliphatic carboxylic acids is 4. The maximum Gasteiger partial charge on any atom is 0.309 e. The van der Waals surface area contributed by atoms with Gasteiger partial charge < -0.3 is 58.3 Å². The van der Waals surface area contributed by atoms with E-state index in [9.17, 15) is 58.8 Å². The van der Waals surface area contributed by atoms with E-state index in [2.05, 4.69) is 0 Å². The highest BCUT2D eigenvalue weighted by molar-refractivity contribution is 5.88. The van der Waals surface area contributed by atoms with Crippen LogP contribution in [0.25, 0.3) is 0 Å². The maximum absolute atomic E-state index is 12.3. The van der Waals surface area contributed by atoms with E-state index in [0.29, 0.717) is 0 Å². The van der Waals surface area contributed by atoms with Crippen molar-refractivity contribution in [2.75, 3.05) is 106 Å². The molecule has 0 saturated heterocycles. The number of carbonyl (C=O) groups excluding carboxylic acids is 4. The minimum Gasteiger partial charge on any atom is -0.481 e. The van der Waals surface area contributed by atoms with Gasteiger partial charge in [-0.2, -0.15) is 0 Å². The number of carbonyl (C=O) groups is 8. The van der Waals surface area contributed by atoms with E-state index in [1.54, 1.807) is 0 Å². The number of ether oxygens (including phenoxy) is 8. The summed E-state index contributed by atoms with van der Waals surface area (Å²) in [5.41, 5.74) is -6.09. The highest BCUT2D eigenvalue weighted by atomic mass is 16.6. The smallest absolute Gasteiger partial charge is 0.309 e. The Morgan fingerprint density at radius 1 is 0.311 bits per heavy atom. The van der Waals surface area contributed by atoms with Crippen molar-refractivity contribution in [3.63, 3.8) is 0 Å².